The third-order valence-electron chi connectivity index (χ3n) is 7.40. The van der Waals surface area contributed by atoms with E-state index < -0.39 is 11.8 Å². The Kier molecular flexibility index (Phi) is 7.17. The molecule has 33 heavy (non-hydrogen) atoms. The van der Waals surface area contributed by atoms with Gasteiger partial charge in [-0.15, -0.1) is 0 Å². The molecule has 0 saturated carbocycles. The Morgan fingerprint density at radius 1 is 1.12 bits per heavy atom. The molecule has 184 valence electrons. The number of amides is 1. The fourth-order valence-corrected chi connectivity index (χ4v) is 5.41. The van der Waals surface area contributed by atoms with Gasteiger partial charge in [-0.05, 0) is 77.3 Å². The number of hydrogen-bond acceptors (Lipinski definition) is 6. The first-order chi connectivity index (χ1) is 15.6. The molecule has 1 aromatic rings. The third-order valence-corrected chi connectivity index (χ3v) is 7.40. The number of carbonyl (C=O) groups is 1. The van der Waals surface area contributed by atoms with Crippen molar-refractivity contribution in [3.05, 3.63) is 30.1 Å². The largest absolute Gasteiger partial charge is 0.444 e. The Morgan fingerprint density at radius 2 is 1.76 bits per heavy atom. The van der Waals surface area contributed by atoms with Gasteiger partial charge in [-0.3, -0.25) is 10.2 Å². The highest BCUT2D eigenvalue weighted by Crippen LogP contribution is 2.43. The number of piperidine rings is 1. The molecule has 1 unspecified atom stereocenters. The van der Waals surface area contributed by atoms with Gasteiger partial charge in [0.2, 0.25) is 0 Å². The summed E-state index contributed by atoms with van der Waals surface area (Å²) >= 11 is 0. The summed E-state index contributed by atoms with van der Waals surface area (Å²) in [5.41, 5.74) is 0.442. The molecule has 4 rings (SSSR count). The third kappa shape index (κ3) is 5.97. The maximum absolute atomic E-state index is 13.2. The minimum absolute atomic E-state index is 0.148. The number of nitrogens with one attached hydrogen (secondary N) is 1. The lowest BCUT2D eigenvalue weighted by Crippen LogP contribution is -2.49. The van der Waals surface area contributed by atoms with Crippen molar-refractivity contribution >= 4 is 11.8 Å². The lowest BCUT2D eigenvalue weighted by Gasteiger charge is -2.41. The molecular formula is C25H39FN4O3. The number of benzene rings is 1. The Morgan fingerprint density at radius 3 is 2.36 bits per heavy atom. The van der Waals surface area contributed by atoms with Crippen molar-refractivity contribution in [1.82, 2.24) is 15.1 Å². The molecule has 1 spiro atoms. The summed E-state index contributed by atoms with van der Waals surface area (Å²) in [7, 11) is 0. The first-order valence-corrected chi connectivity index (χ1v) is 12.3. The predicted octanol–water partition coefficient (Wildman–Crippen LogP) is 3.04. The Hall–Kier alpha value is -1.90. The van der Waals surface area contributed by atoms with Crippen LogP contribution in [0.4, 0.5) is 14.9 Å². The molecule has 2 N–H and O–H groups in total. The number of piperazine rings is 1. The molecule has 2 atom stereocenters. The van der Waals surface area contributed by atoms with Gasteiger partial charge in [0.1, 0.15) is 17.6 Å². The van der Waals surface area contributed by atoms with Crippen LogP contribution in [0.5, 0.6) is 0 Å². The monoisotopic (exact) mass is 462 g/mol. The number of anilines is 1. The van der Waals surface area contributed by atoms with Gasteiger partial charge in [0.15, 0.2) is 0 Å². The maximum Gasteiger partial charge on any atom is 0.410 e. The second-order valence-corrected chi connectivity index (χ2v) is 10.9. The first-order valence-electron chi connectivity index (χ1n) is 12.3. The zero-order chi connectivity index (χ0) is 23.6. The van der Waals surface area contributed by atoms with Crippen LogP contribution >= 0.6 is 0 Å². The number of ether oxygens (including phenoxy) is 1. The van der Waals surface area contributed by atoms with Gasteiger partial charge < -0.3 is 19.6 Å². The van der Waals surface area contributed by atoms with Crippen molar-refractivity contribution in [2.24, 2.45) is 5.41 Å². The number of rotatable bonds is 4. The van der Waals surface area contributed by atoms with Gasteiger partial charge in [0, 0.05) is 56.4 Å². The highest BCUT2D eigenvalue weighted by molar-refractivity contribution is 5.68. The van der Waals surface area contributed by atoms with E-state index >= 15 is 0 Å². The SMILES string of the molecule is CC(C)(C)OC(=O)N1CCC2(CC1)C[C@@H](CCN1CCN(c3ccc(F)cc3)CC1)NC2O. The molecule has 0 radical (unpaired) electrons. The number of likely N-dealkylation sites (tertiary alicyclic amines) is 1. The number of halogens is 1. The average molecular weight is 463 g/mol. The number of aliphatic hydroxyl groups excluding tert-OH is 1. The number of nitrogens with zero attached hydrogens (tertiary/aromatic N) is 3. The number of aliphatic hydroxyl groups is 1. The topological polar surface area (TPSA) is 68.3 Å². The predicted molar refractivity (Wildman–Crippen MR) is 127 cm³/mol. The molecule has 1 aromatic carbocycles. The van der Waals surface area contributed by atoms with Crippen LogP contribution in [-0.4, -0.2) is 84.7 Å². The molecule has 3 fully saturated rings. The van der Waals surface area contributed by atoms with E-state index in [-0.39, 0.29) is 17.3 Å². The van der Waals surface area contributed by atoms with E-state index in [9.17, 15) is 14.3 Å². The Labute approximate surface area is 196 Å². The molecule has 7 nitrogen and oxygen atoms in total. The van der Waals surface area contributed by atoms with Crippen molar-refractivity contribution < 1.29 is 19.0 Å². The second kappa shape index (κ2) is 9.76. The van der Waals surface area contributed by atoms with Gasteiger partial charge in [-0.2, -0.15) is 0 Å². The molecule has 0 aliphatic carbocycles. The van der Waals surface area contributed by atoms with Crippen molar-refractivity contribution in [3.63, 3.8) is 0 Å². The van der Waals surface area contributed by atoms with Crippen LogP contribution in [0, 0.1) is 11.2 Å². The van der Waals surface area contributed by atoms with E-state index in [1.54, 1.807) is 4.90 Å². The van der Waals surface area contributed by atoms with E-state index in [4.69, 9.17) is 4.74 Å². The average Bonchev–Trinajstić information content (AvgIpc) is 3.07. The summed E-state index contributed by atoms with van der Waals surface area (Å²) in [4.78, 5) is 18.9. The molecule has 0 bridgehead atoms. The number of hydrogen-bond donors (Lipinski definition) is 2. The van der Waals surface area contributed by atoms with Gasteiger partial charge in [-0.1, -0.05) is 0 Å². The summed E-state index contributed by atoms with van der Waals surface area (Å²) in [6.07, 6.45) is 2.78. The summed E-state index contributed by atoms with van der Waals surface area (Å²) in [5, 5.41) is 14.2. The Bertz CT molecular complexity index is 797. The van der Waals surface area contributed by atoms with Crippen LogP contribution in [0.15, 0.2) is 24.3 Å². The minimum Gasteiger partial charge on any atom is -0.444 e. The molecular weight excluding hydrogens is 423 g/mol. The van der Waals surface area contributed by atoms with Gasteiger partial charge in [0.05, 0.1) is 0 Å². The molecule has 3 aliphatic heterocycles. The normalized spacial score (nSPS) is 26.1. The van der Waals surface area contributed by atoms with Crippen LogP contribution in [0.1, 0.15) is 46.5 Å². The summed E-state index contributed by atoms with van der Waals surface area (Å²) in [5.74, 6) is -0.197. The molecule has 8 heteroatoms. The quantitative estimate of drug-likeness (QED) is 0.717. The lowest BCUT2D eigenvalue weighted by atomic mass is 9.75. The van der Waals surface area contributed by atoms with E-state index in [2.05, 4.69) is 15.1 Å². The molecule has 0 aromatic heterocycles. The zero-order valence-electron chi connectivity index (χ0n) is 20.2. The van der Waals surface area contributed by atoms with Gasteiger partial charge in [0.25, 0.3) is 0 Å². The second-order valence-electron chi connectivity index (χ2n) is 10.9. The smallest absolute Gasteiger partial charge is 0.410 e. The van der Waals surface area contributed by atoms with E-state index in [1.165, 1.54) is 12.1 Å². The molecule has 1 amide bonds. The van der Waals surface area contributed by atoms with Crippen molar-refractivity contribution in [2.45, 2.75) is 64.3 Å². The van der Waals surface area contributed by atoms with Crippen LogP contribution < -0.4 is 10.2 Å². The lowest BCUT2D eigenvalue weighted by molar-refractivity contribution is -0.0240. The van der Waals surface area contributed by atoms with E-state index in [0.717, 1.165) is 64.1 Å². The van der Waals surface area contributed by atoms with E-state index in [1.807, 2.05) is 32.9 Å². The standard InChI is InChI=1S/C25H39FN4O3/c1-24(2,3)33-23(32)30-12-9-25(10-13-30)18-20(27-22(25)31)8-11-28-14-16-29(17-15-28)21-6-4-19(26)5-7-21/h4-7,20,22,27,31H,8-18H2,1-3H3/t20-,22?/m1/s1. The van der Waals surface area contributed by atoms with Gasteiger partial charge in [-0.25, -0.2) is 9.18 Å². The zero-order valence-corrected chi connectivity index (χ0v) is 20.2. The summed E-state index contributed by atoms with van der Waals surface area (Å²) < 4.78 is 18.7. The highest BCUT2D eigenvalue weighted by Gasteiger charge is 2.48. The van der Waals surface area contributed by atoms with Crippen LogP contribution in [-0.2, 0) is 4.74 Å². The minimum atomic E-state index is -0.515. The summed E-state index contributed by atoms with van der Waals surface area (Å²) in [6.45, 7) is 11.8. The maximum atomic E-state index is 13.2. The highest BCUT2D eigenvalue weighted by atomic mass is 19.1. The fraction of sp³-hybridized carbons (Fsp3) is 0.720. The Balaban J connectivity index is 1.20. The van der Waals surface area contributed by atoms with Crippen LogP contribution in [0.3, 0.4) is 0 Å². The van der Waals surface area contributed by atoms with Gasteiger partial charge >= 0.3 is 6.09 Å². The molecule has 3 aliphatic rings. The fourth-order valence-electron chi connectivity index (χ4n) is 5.41. The number of carbonyl (C=O) groups excluding carboxylic acids is 1. The van der Waals surface area contributed by atoms with Crippen molar-refractivity contribution in [1.29, 1.82) is 0 Å². The van der Waals surface area contributed by atoms with Crippen LogP contribution in [0.25, 0.3) is 0 Å². The van der Waals surface area contributed by atoms with Crippen LogP contribution in [0.2, 0.25) is 0 Å². The van der Waals surface area contributed by atoms with Crippen molar-refractivity contribution in [3.8, 4) is 0 Å². The summed E-state index contributed by atoms with van der Waals surface area (Å²) in [6, 6.07) is 7.03. The molecule has 3 heterocycles. The van der Waals surface area contributed by atoms with E-state index in [0.29, 0.717) is 19.1 Å². The molecule has 3 saturated heterocycles. The van der Waals surface area contributed by atoms with Crippen molar-refractivity contribution in [2.75, 3.05) is 50.7 Å². The first kappa shape index (κ1) is 24.2.